The van der Waals surface area contributed by atoms with E-state index in [0.29, 0.717) is 13.2 Å². The second kappa shape index (κ2) is 5.65. The summed E-state index contributed by atoms with van der Waals surface area (Å²) in [4.78, 5) is 0. The van der Waals surface area contributed by atoms with E-state index in [4.69, 9.17) is 4.74 Å². The molecule has 0 bridgehead atoms. The minimum absolute atomic E-state index is 0.0514. The zero-order chi connectivity index (χ0) is 12.3. The van der Waals surface area contributed by atoms with Crippen LogP contribution < -0.4 is 4.72 Å². The van der Waals surface area contributed by atoms with Crippen LogP contribution in [0.3, 0.4) is 0 Å². The van der Waals surface area contributed by atoms with Gasteiger partial charge < -0.3 is 9.84 Å². The van der Waals surface area contributed by atoms with Crippen LogP contribution in [0.5, 0.6) is 0 Å². The highest BCUT2D eigenvalue weighted by atomic mass is 32.2. The van der Waals surface area contributed by atoms with E-state index in [0.717, 1.165) is 32.1 Å². The van der Waals surface area contributed by atoms with Gasteiger partial charge in [-0.3, -0.25) is 0 Å². The van der Waals surface area contributed by atoms with Crippen molar-refractivity contribution < 1.29 is 18.3 Å². The predicted molar refractivity (Wildman–Crippen MR) is 64.1 cm³/mol. The van der Waals surface area contributed by atoms with Gasteiger partial charge in [-0.2, -0.15) is 0 Å². The summed E-state index contributed by atoms with van der Waals surface area (Å²) in [5, 5.41) is 9.61. The van der Waals surface area contributed by atoms with Gasteiger partial charge in [0.25, 0.3) is 0 Å². The van der Waals surface area contributed by atoms with Crippen LogP contribution in [-0.2, 0) is 14.8 Å². The first-order valence-corrected chi connectivity index (χ1v) is 7.99. The second-order valence-electron chi connectivity index (χ2n) is 5.02. The molecule has 3 unspecified atom stereocenters. The van der Waals surface area contributed by atoms with Gasteiger partial charge in [0.1, 0.15) is 0 Å². The van der Waals surface area contributed by atoms with Crippen molar-refractivity contribution in [2.75, 3.05) is 18.9 Å². The molecule has 0 spiro atoms. The van der Waals surface area contributed by atoms with E-state index in [1.165, 1.54) is 0 Å². The van der Waals surface area contributed by atoms with Gasteiger partial charge >= 0.3 is 0 Å². The van der Waals surface area contributed by atoms with Crippen molar-refractivity contribution in [1.29, 1.82) is 0 Å². The first kappa shape index (κ1) is 13.3. The molecule has 0 aromatic rings. The number of nitrogens with one attached hydrogen (secondary N) is 1. The Bertz CT molecular complexity index is 337. The van der Waals surface area contributed by atoms with Crippen molar-refractivity contribution in [2.45, 2.75) is 44.3 Å². The van der Waals surface area contributed by atoms with Crippen LogP contribution in [-0.4, -0.2) is 44.6 Å². The third-order valence-electron chi connectivity index (χ3n) is 3.61. The number of rotatable bonds is 5. The average molecular weight is 263 g/mol. The summed E-state index contributed by atoms with van der Waals surface area (Å²) in [6.45, 7) is 1.03. The van der Waals surface area contributed by atoms with Gasteiger partial charge in [-0.05, 0) is 31.6 Å². The fraction of sp³-hybridized carbons (Fsp3) is 1.00. The van der Waals surface area contributed by atoms with Gasteiger partial charge in [-0.1, -0.05) is 6.42 Å². The Morgan fingerprint density at radius 1 is 1.24 bits per heavy atom. The Kier molecular flexibility index (Phi) is 4.41. The SMILES string of the molecule is O=S(=O)(CC1CCCO1)NCC1CCCC1O. The Morgan fingerprint density at radius 3 is 2.65 bits per heavy atom. The molecule has 1 heterocycles. The Morgan fingerprint density at radius 2 is 2.06 bits per heavy atom. The number of sulfonamides is 1. The highest BCUT2D eigenvalue weighted by molar-refractivity contribution is 7.89. The van der Waals surface area contributed by atoms with E-state index < -0.39 is 10.0 Å². The molecule has 0 amide bonds. The first-order valence-electron chi connectivity index (χ1n) is 6.34. The summed E-state index contributed by atoms with van der Waals surface area (Å²) in [7, 11) is -3.26. The highest BCUT2D eigenvalue weighted by Crippen LogP contribution is 2.24. The molecule has 2 rings (SSSR count). The molecule has 2 N–H and O–H groups in total. The lowest BCUT2D eigenvalue weighted by Crippen LogP contribution is -2.36. The van der Waals surface area contributed by atoms with Gasteiger partial charge in [0.15, 0.2) is 0 Å². The maximum Gasteiger partial charge on any atom is 0.214 e. The Labute approximate surface area is 103 Å². The number of aliphatic hydroxyl groups excluding tert-OH is 1. The van der Waals surface area contributed by atoms with Gasteiger partial charge in [0.2, 0.25) is 10.0 Å². The van der Waals surface area contributed by atoms with Crippen molar-refractivity contribution in [3.8, 4) is 0 Å². The van der Waals surface area contributed by atoms with Crippen LogP contribution in [0, 0.1) is 5.92 Å². The highest BCUT2D eigenvalue weighted by Gasteiger charge is 2.28. The molecule has 0 radical (unpaired) electrons. The molecule has 2 fully saturated rings. The molecule has 2 aliphatic rings. The van der Waals surface area contributed by atoms with Crippen LogP contribution in [0.2, 0.25) is 0 Å². The molecule has 0 aromatic heterocycles. The average Bonchev–Trinajstić information content (AvgIpc) is 2.87. The summed E-state index contributed by atoms with van der Waals surface area (Å²) in [6, 6.07) is 0. The molecule has 5 nitrogen and oxygen atoms in total. The van der Waals surface area contributed by atoms with Gasteiger partial charge in [-0.15, -0.1) is 0 Å². The molecular formula is C11H21NO4S. The van der Waals surface area contributed by atoms with E-state index in [9.17, 15) is 13.5 Å². The van der Waals surface area contributed by atoms with Gasteiger partial charge in [0, 0.05) is 13.2 Å². The number of ether oxygens (including phenoxy) is 1. The zero-order valence-electron chi connectivity index (χ0n) is 9.97. The lowest BCUT2D eigenvalue weighted by atomic mass is 10.1. The summed E-state index contributed by atoms with van der Waals surface area (Å²) < 4.78 is 31.5. The van der Waals surface area contributed by atoms with E-state index in [1.807, 2.05) is 0 Å². The summed E-state index contributed by atoms with van der Waals surface area (Å²) in [5.41, 5.74) is 0. The fourth-order valence-electron chi connectivity index (χ4n) is 2.57. The van der Waals surface area contributed by atoms with Crippen LogP contribution in [0.15, 0.2) is 0 Å². The molecule has 3 atom stereocenters. The molecular weight excluding hydrogens is 242 g/mol. The number of hydrogen-bond donors (Lipinski definition) is 2. The fourth-order valence-corrected chi connectivity index (χ4v) is 3.91. The minimum atomic E-state index is -3.26. The van der Waals surface area contributed by atoms with Gasteiger partial charge in [-0.25, -0.2) is 13.1 Å². The molecule has 1 aliphatic carbocycles. The predicted octanol–water partition coefficient (Wildman–Crippen LogP) is 0.246. The van der Waals surface area contributed by atoms with E-state index >= 15 is 0 Å². The van der Waals surface area contributed by atoms with Crippen LogP contribution in [0.4, 0.5) is 0 Å². The van der Waals surface area contributed by atoms with Crippen molar-refractivity contribution in [1.82, 2.24) is 4.72 Å². The molecule has 6 heteroatoms. The number of aliphatic hydroxyl groups is 1. The quantitative estimate of drug-likeness (QED) is 0.745. The molecule has 100 valence electrons. The van der Waals surface area contributed by atoms with E-state index in [-0.39, 0.29) is 23.9 Å². The van der Waals surface area contributed by atoms with Crippen LogP contribution in [0.25, 0.3) is 0 Å². The lowest BCUT2D eigenvalue weighted by Gasteiger charge is -2.16. The molecule has 1 saturated carbocycles. The maximum atomic E-state index is 11.8. The molecule has 0 aromatic carbocycles. The summed E-state index contributed by atoms with van der Waals surface area (Å²) in [6.07, 6.45) is 3.96. The lowest BCUT2D eigenvalue weighted by molar-refractivity contribution is 0.126. The monoisotopic (exact) mass is 263 g/mol. The van der Waals surface area contributed by atoms with Crippen LogP contribution >= 0.6 is 0 Å². The van der Waals surface area contributed by atoms with Crippen LogP contribution in [0.1, 0.15) is 32.1 Å². The standard InChI is InChI=1S/C11H21NO4S/c13-11-5-1-3-9(11)7-12-17(14,15)8-10-4-2-6-16-10/h9-13H,1-8H2. The van der Waals surface area contributed by atoms with Crippen molar-refractivity contribution in [3.63, 3.8) is 0 Å². The third-order valence-corrected chi connectivity index (χ3v) is 5.03. The topological polar surface area (TPSA) is 75.6 Å². The van der Waals surface area contributed by atoms with E-state index in [2.05, 4.69) is 4.72 Å². The van der Waals surface area contributed by atoms with Crippen molar-refractivity contribution in [3.05, 3.63) is 0 Å². The molecule has 1 aliphatic heterocycles. The van der Waals surface area contributed by atoms with Crippen molar-refractivity contribution in [2.24, 2.45) is 5.92 Å². The third kappa shape index (κ3) is 3.91. The summed E-state index contributed by atoms with van der Waals surface area (Å²) >= 11 is 0. The first-order chi connectivity index (χ1) is 8.07. The van der Waals surface area contributed by atoms with Gasteiger partial charge in [0.05, 0.1) is 18.0 Å². The minimum Gasteiger partial charge on any atom is -0.393 e. The van der Waals surface area contributed by atoms with Crippen molar-refractivity contribution >= 4 is 10.0 Å². The number of hydrogen-bond acceptors (Lipinski definition) is 4. The smallest absolute Gasteiger partial charge is 0.214 e. The van der Waals surface area contributed by atoms with E-state index in [1.54, 1.807) is 0 Å². The molecule has 1 saturated heterocycles. The Hall–Kier alpha value is -0.170. The maximum absolute atomic E-state index is 11.8. The zero-order valence-corrected chi connectivity index (χ0v) is 10.8. The largest absolute Gasteiger partial charge is 0.393 e. The summed E-state index contributed by atoms with van der Waals surface area (Å²) in [5.74, 6) is 0.129. The Balaban J connectivity index is 1.76. The second-order valence-corrected chi connectivity index (χ2v) is 6.87. The normalized spacial score (nSPS) is 34.3. The molecule has 17 heavy (non-hydrogen) atoms.